The molecule has 0 unspecified atom stereocenters. The van der Waals surface area contributed by atoms with E-state index >= 15 is 0 Å². The van der Waals surface area contributed by atoms with Gasteiger partial charge >= 0.3 is 18.0 Å². The van der Waals surface area contributed by atoms with Crippen molar-refractivity contribution in [1.29, 1.82) is 0 Å². The maximum absolute atomic E-state index is 12.3. The number of alkyl carbamates (subject to hydrolysis) is 1. The van der Waals surface area contributed by atoms with E-state index in [-0.39, 0.29) is 55.6 Å². The highest BCUT2D eigenvalue weighted by Crippen LogP contribution is 2.38. The monoisotopic (exact) mass is 533 g/mol. The number of ketones is 1. The van der Waals surface area contributed by atoms with E-state index in [1.807, 2.05) is 0 Å². The van der Waals surface area contributed by atoms with Gasteiger partial charge in [0.15, 0.2) is 0 Å². The lowest BCUT2D eigenvalue weighted by atomic mass is 9.72. The lowest BCUT2D eigenvalue weighted by molar-refractivity contribution is -0.144. The SMILES string of the molecule is CCCC(CCC)C(=O)CCC(=O)OCCSSCCOC(=O)NCC1(CC(=O)O)CCCCC1. The third-order valence-corrected chi connectivity index (χ3v) is 8.60. The van der Waals surface area contributed by atoms with Crippen molar-refractivity contribution in [3.05, 3.63) is 0 Å². The number of carboxylic acids is 1. The van der Waals surface area contributed by atoms with Crippen LogP contribution in [0.1, 0.15) is 90.9 Å². The molecule has 0 atom stereocenters. The lowest BCUT2D eigenvalue weighted by Crippen LogP contribution is -2.40. The second-order valence-electron chi connectivity index (χ2n) is 9.23. The van der Waals surface area contributed by atoms with E-state index < -0.39 is 12.1 Å². The average Bonchev–Trinajstić information content (AvgIpc) is 2.83. The van der Waals surface area contributed by atoms with Crippen molar-refractivity contribution < 1.29 is 33.8 Å². The molecule has 8 nitrogen and oxygen atoms in total. The zero-order valence-corrected chi connectivity index (χ0v) is 22.9. The Morgan fingerprint density at radius 3 is 2.09 bits per heavy atom. The number of carbonyl (C=O) groups excluding carboxylic acids is 3. The summed E-state index contributed by atoms with van der Waals surface area (Å²) in [4.78, 5) is 47.3. The number of carbonyl (C=O) groups is 4. The molecule has 1 amide bonds. The number of carboxylic acid groups (broad SMARTS) is 1. The van der Waals surface area contributed by atoms with Gasteiger partial charge in [-0.05, 0) is 31.1 Å². The Hall–Kier alpha value is -1.42. The highest BCUT2D eigenvalue weighted by atomic mass is 33.1. The first kappa shape index (κ1) is 31.6. The summed E-state index contributed by atoms with van der Waals surface area (Å²) in [5, 5.41) is 11.9. The first-order chi connectivity index (χ1) is 16.8. The molecule has 10 heteroatoms. The molecule has 0 aliphatic heterocycles. The number of ether oxygens (including phenoxy) is 2. The fraction of sp³-hybridized carbons (Fsp3) is 0.840. The van der Waals surface area contributed by atoms with Gasteiger partial charge in [0, 0.05) is 30.4 Å². The number of nitrogens with one attached hydrogen (secondary N) is 1. The van der Waals surface area contributed by atoms with Crippen LogP contribution in [0.5, 0.6) is 0 Å². The number of esters is 1. The molecular weight excluding hydrogens is 490 g/mol. The Morgan fingerprint density at radius 1 is 0.914 bits per heavy atom. The predicted molar refractivity (Wildman–Crippen MR) is 141 cm³/mol. The third kappa shape index (κ3) is 14.7. The Morgan fingerprint density at radius 2 is 1.51 bits per heavy atom. The Labute approximate surface area is 217 Å². The summed E-state index contributed by atoms with van der Waals surface area (Å²) in [6.07, 6.45) is 8.35. The molecule has 0 bridgehead atoms. The largest absolute Gasteiger partial charge is 0.481 e. The Bertz CT molecular complexity index is 648. The van der Waals surface area contributed by atoms with Gasteiger partial charge < -0.3 is 19.9 Å². The van der Waals surface area contributed by atoms with Crippen molar-refractivity contribution in [2.45, 2.75) is 90.9 Å². The van der Waals surface area contributed by atoms with Crippen molar-refractivity contribution in [2.75, 3.05) is 31.3 Å². The number of amides is 1. The van der Waals surface area contributed by atoms with Gasteiger partial charge in [0.25, 0.3) is 0 Å². The summed E-state index contributed by atoms with van der Waals surface area (Å²) < 4.78 is 10.4. The van der Waals surface area contributed by atoms with Gasteiger partial charge in [-0.1, -0.05) is 67.5 Å². The van der Waals surface area contributed by atoms with E-state index in [1.54, 1.807) is 0 Å². The van der Waals surface area contributed by atoms with Crippen LogP contribution in [0.2, 0.25) is 0 Å². The molecule has 0 spiro atoms. The van der Waals surface area contributed by atoms with E-state index in [0.717, 1.165) is 57.8 Å². The summed E-state index contributed by atoms with van der Waals surface area (Å²) in [7, 11) is 3.05. The molecule has 1 saturated carbocycles. The minimum Gasteiger partial charge on any atom is -0.481 e. The Kier molecular flexibility index (Phi) is 17.0. The predicted octanol–water partition coefficient (Wildman–Crippen LogP) is 5.63. The number of rotatable bonds is 19. The second-order valence-corrected chi connectivity index (χ2v) is 11.9. The minimum absolute atomic E-state index is 0.0622. The molecule has 0 radical (unpaired) electrons. The topological polar surface area (TPSA) is 119 Å². The van der Waals surface area contributed by atoms with E-state index in [4.69, 9.17) is 9.47 Å². The second kappa shape index (κ2) is 18.8. The van der Waals surface area contributed by atoms with Gasteiger partial charge in [0.2, 0.25) is 0 Å². The molecule has 1 aliphatic rings. The molecule has 0 aromatic carbocycles. The number of aliphatic carboxylic acids is 1. The summed E-state index contributed by atoms with van der Waals surface area (Å²) >= 11 is 0. The average molecular weight is 534 g/mol. The quantitative estimate of drug-likeness (QED) is 0.124. The van der Waals surface area contributed by atoms with Gasteiger partial charge in [0.05, 0.1) is 12.8 Å². The molecule has 0 aromatic heterocycles. The highest BCUT2D eigenvalue weighted by molar-refractivity contribution is 8.76. The van der Waals surface area contributed by atoms with Crippen molar-refractivity contribution in [2.24, 2.45) is 11.3 Å². The minimum atomic E-state index is -0.831. The van der Waals surface area contributed by atoms with Crippen LogP contribution in [-0.2, 0) is 23.9 Å². The smallest absolute Gasteiger partial charge is 0.407 e. The van der Waals surface area contributed by atoms with Gasteiger partial charge in [0.1, 0.15) is 19.0 Å². The summed E-state index contributed by atoms with van der Waals surface area (Å²) in [5.74, 6) is 0.263. The van der Waals surface area contributed by atoms with Crippen LogP contribution in [0, 0.1) is 11.3 Å². The number of hydrogen-bond donors (Lipinski definition) is 2. The van der Waals surface area contributed by atoms with Crippen molar-refractivity contribution in [3.63, 3.8) is 0 Å². The van der Waals surface area contributed by atoms with E-state index in [2.05, 4.69) is 19.2 Å². The summed E-state index contributed by atoms with van der Waals surface area (Å²) in [6.45, 7) is 4.99. The van der Waals surface area contributed by atoms with Crippen LogP contribution < -0.4 is 5.32 Å². The maximum Gasteiger partial charge on any atom is 0.407 e. The van der Waals surface area contributed by atoms with Crippen molar-refractivity contribution in [3.8, 4) is 0 Å². The fourth-order valence-corrected chi connectivity index (χ4v) is 6.14. The first-order valence-corrected chi connectivity index (χ1v) is 15.4. The van der Waals surface area contributed by atoms with Crippen LogP contribution in [0.25, 0.3) is 0 Å². The van der Waals surface area contributed by atoms with E-state index in [9.17, 15) is 24.3 Å². The lowest BCUT2D eigenvalue weighted by Gasteiger charge is -2.36. The molecule has 35 heavy (non-hydrogen) atoms. The number of hydrogen-bond acceptors (Lipinski definition) is 8. The van der Waals surface area contributed by atoms with Crippen LogP contribution in [0.4, 0.5) is 4.79 Å². The first-order valence-electron chi connectivity index (χ1n) is 12.9. The molecule has 202 valence electrons. The van der Waals surface area contributed by atoms with Crippen LogP contribution in [0.3, 0.4) is 0 Å². The molecule has 1 fully saturated rings. The van der Waals surface area contributed by atoms with Gasteiger partial charge in [-0.25, -0.2) is 4.79 Å². The highest BCUT2D eigenvalue weighted by Gasteiger charge is 2.34. The van der Waals surface area contributed by atoms with Gasteiger partial charge in [-0.3, -0.25) is 14.4 Å². The van der Waals surface area contributed by atoms with E-state index in [0.29, 0.717) is 18.1 Å². The van der Waals surface area contributed by atoms with Crippen LogP contribution in [0.15, 0.2) is 0 Å². The van der Waals surface area contributed by atoms with E-state index in [1.165, 1.54) is 21.6 Å². The van der Waals surface area contributed by atoms with Gasteiger partial charge in [-0.15, -0.1) is 0 Å². The summed E-state index contributed by atoms with van der Waals surface area (Å²) in [5.41, 5.74) is -0.370. The summed E-state index contributed by atoms with van der Waals surface area (Å²) in [6, 6.07) is 0. The molecule has 2 N–H and O–H groups in total. The van der Waals surface area contributed by atoms with Crippen molar-refractivity contribution in [1.82, 2.24) is 5.32 Å². The molecule has 0 heterocycles. The van der Waals surface area contributed by atoms with Crippen molar-refractivity contribution >= 4 is 45.4 Å². The molecule has 1 rings (SSSR count). The maximum atomic E-state index is 12.3. The zero-order chi connectivity index (χ0) is 25.9. The fourth-order valence-electron chi connectivity index (χ4n) is 4.49. The Balaban J connectivity index is 2.07. The standard InChI is InChI=1S/C25H43NO7S2/c1-3-8-20(9-4-2)21(27)10-11-23(30)32-14-16-34-35-17-15-33-24(31)26-19-25(18-22(28)29)12-6-5-7-13-25/h20H,3-19H2,1-2H3,(H,26,31)(H,28,29). The molecular formula is C25H43NO7S2. The molecule has 0 aromatic rings. The zero-order valence-electron chi connectivity index (χ0n) is 21.3. The molecule has 0 saturated heterocycles. The third-order valence-electron chi connectivity index (χ3n) is 6.27. The number of Topliss-reactive ketones (excluding diaryl/α,β-unsaturated/α-hetero) is 1. The normalized spacial score (nSPS) is 14.9. The van der Waals surface area contributed by atoms with Crippen LogP contribution in [-0.4, -0.2) is 60.2 Å². The van der Waals surface area contributed by atoms with Crippen LogP contribution >= 0.6 is 21.6 Å². The van der Waals surface area contributed by atoms with Gasteiger partial charge in [-0.2, -0.15) is 0 Å². The molecule has 1 aliphatic carbocycles.